The lowest BCUT2D eigenvalue weighted by Crippen LogP contribution is -2.28. The molecule has 1 saturated heterocycles. The number of aromatic amines is 1. The second-order valence-electron chi connectivity index (χ2n) is 8.70. The summed E-state index contributed by atoms with van der Waals surface area (Å²) < 4.78 is 0. The monoisotopic (exact) mass is 452 g/mol. The molecular formula is C28H28N4O2. The number of carbonyl (C=O) groups excluding carboxylic acids is 1. The molecule has 5 rings (SSSR count). The van der Waals surface area contributed by atoms with E-state index in [2.05, 4.69) is 34.6 Å². The molecule has 1 fully saturated rings. The maximum absolute atomic E-state index is 12.4. The minimum atomic E-state index is -0.135. The molecule has 0 radical (unpaired) electrons. The van der Waals surface area contributed by atoms with Crippen LogP contribution in [-0.2, 0) is 11.3 Å². The smallest absolute Gasteiger partial charge is 0.257 e. The molecule has 2 N–H and O–H groups in total. The number of likely N-dealkylation sites (tertiary alicyclic amines) is 1. The van der Waals surface area contributed by atoms with Gasteiger partial charge in [0.25, 0.3) is 5.56 Å². The van der Waals surface area contributed by atoms with E-state index < -0.39 is 0 Å². The van der Waals surface area contributed by atoms with Crippen molar-refractivity contribution in [3.63, 3.8) is 0 Å². The van der Waals surface area contributed by atoms with Gasteiger partial charge in [-0.25, -0.2) is 4.98 Å². The zero-order chi connectivity index (χ0) is 23.3. The maximum Gasteiger partial charge on any atom is 0.257 e. The van der Waals surface area contributed by atoms with Gasteiger partial charge in [-0.3, -0.25) is 9.59 Å². The number of benzene rings is 2. The Kier molecular flexibility index (Phi) is 6.49. The minimum Gasteiger partial charge on any atom is -0.343 e. The summed E-state index contributed by atoms with van der Waals surface area (Å²) in [4.78, 5) is 33.6. The Morgan fingerprint density at radius 1 is 0.971 bits per heavy atom. The number of fused-ring (bicyclic) bond motifs is 1. The van der Waals surface area contributed by atoms with Crippen molar-refractivity contribution in [2.75, 3.05) is 19.6 Å². The van der Waals surface area contributed by atoms with E-state index in [1.807, 2.05) is 47.4 Å². The quantitative estimate of drug-likeness (QED) is 0.390. The van der Waals surface area contributed by atoms with Crippen molar-refractivity contribution in [2.24, 2.45) is 0 Å². The third-order valence-corrected chi connectivity index (χ3v) is 6.35. The van der Waals surface area contributed by atoms with Gasteiger partial charge in [0.05, 0.1) is 16.6 Å². The molecule has 0 bridgehead atoms. The van der Waals surface area contributed by atoms with Gasteiger partial charge in [-0.2, -0.15) is 0 Å². The molecule has 6 nitrogen and oxygen atoms in total. The fraction of sp³-hybridized carbons (Fsp3) is 0.250. The maximum atomic E-state index is 12.4. The van der Waals surface area contributed by atoms with Crippen LogP contribution in [0.2, 0.25) is 0 Å². The Balaban J connectivity index is 1.32. The third kappa shape index (κ3) is 4.77. The summed E-state index contributed by atoms with van der Waals surface area (Å²) >= 11 is 0. The molecule has 34 heavy (non-hydrogen) atoms. The summed E-state index contributed by atoms with van der Waals surface area (Å²) in [6.07, 6.45) is 4.30. The average Bonchev–Trinajstić information content (AvgIpc) is 3.29. The third-order valence-electron chi connectivity index (χ3n) is 6.35. The van der Waals surface area contributed by atoms with Crippen LogP contribution in [0.1, 0.15) is 24.8 Å². The number of pyridine rings is 2. The molecular weight excluding hydrogens is 424 g/mol. The van der Waals surface area contributed by atoms with Gasteiger partial charge < -0.3 is 15.2 Å². The van der Waals surface area contributed by atoms with Gasteiger partial charge in [0.15, 0.2) is 0 Å². The van der Waals surface area contributed by atoms with E-state index in [0.717, 1.165) is 61.4 Å². The lowest BCUT2D eigenvalue weighted by Gasteiger charge is -2.15. The Morgan fingerprint density at radius 3 is 2.56 bits per heavy atom. The number of hydrogen-bond acceptors (Lipinski definition) is 4. The number of hydrogen-bond donors (Lipinski definition) is 2. The Hall–Kier alpha value is -3.77. The number of H-pyrrole nitrogens is 1. The number of nitrogens with one attached hydrogen (secondary N) is 2. The van der Waals surface area contributed by atoms with E-state index in [9.17, 15) is 9.59 Å². The SMILES string of the molecule is O=C1CCCN1CCCNCc1ccc(-c2nc3cc[nH]c(=O)c3cc2-c2ccccc2)cc1. The summed E-state index contributed by atoms with van der Waals surface area (Å²) in [7, 11) is 0. The molecule has 0 saturated carbocycles. The topological polar surface area (TPSA) is 78.1 Å². The Bertz CT molecular complexity index is 1350. The van der Waals surface area contributed by atoms with Crippen molar-refractivity contribution >= 4 is 16.8 Å². The highest BCUT2D eigenvalue weighted by Gasteiger charge is 2.18. The van der Waals surface area contributed by atoms with E-state index in [4.69, 9.17) is 4.98 Å². The van der Waals surface area contributed by atoms with Crippen molar-refractivity contribution in [3.8, 4) is 22.4 Å². The van der Waals surface area contributed by atoms with E-state index in [0.29, 0.717) is 17.3 Å². The first-order valence-electron chi connectivity index (χ1n) is 11.8. The van der Waals surface area contributed by atoms with E-state index in [-0.39, 0.29) is 11.5 Å². The largest absolute Gasteiger partial charge is 0.343 e. The normalized spacial score (nSPS) is 13.6. The Labute approximate surface area is 198 Å². The molecule has 0 unspecified atom stereocenters. The average molecular weight is 453 g/mol. The molecule has 6 heteroatoms. The predicted molar refractivity (Wildman–Crippen MR) is 135 cm³/mol. The molecule has 0 aliphatic carbocycles. The molecule has 2 aromatic heterocycles. The highest BCUT2D eigenvalue weighted by molar-refractivity contribution is 5.91. The first kappa shape index (κ1) is 22.0. The summed E-state index contributed by atoms with van der Waals surface area (Å²) in [5.74, 6) is 0.289. The van der Waals surface area contributed by atoms with Crippen LogP contribution in [0.4, 0.5) is 0 Å². The number of amides is 1. The lowest BCUT2D eigenvalue weighted by atomic mass is 9.97. The number of aromatic nitrogens is 2. The van der Waals surface area contributed by atoms with Gasteiger partial charge in [-0.1, -0.05) is 54.6 Å². The van der Waals surface area contributed by atoms with Crippen LogP contribution in [0.3, 0.4) is 0 Å². The van der Waals surface area contributed by atoms with Gasteiger partial charge >= 0.3 is 0 Å². The molecule has 0 spiro atoms. The first-order valence-corrected chi connectivity index (χ1v) is 11.8. The van der Waals surface area contributed by atoms with Crippen molar-refractivity contribution in [1.29, 1.82) is 0 Å². The minimum absolute atomic E-state index is 0.135. The molecule has 1 amide bonds. The molecule has 0 atom stereocenters. The van der Waals surface area contributed by atoms with Crippen LogP contribution in [0.5, 0.6) is 0 Å². The summed E-state index contributed by atoms with van der Waals surface area (Å²) in [6, 6.07) is 22.2. The van der Waals surface area contributed by atoms with Gasteiger partial charge in [-0.15, -0.1) is 0 Å². The second-order valence-corrected chi connectivity index (χ2v) is 8.70. The predicted octanol–water partition coefficient (Wildman–Crippen LogP) is 4.36. The van der Waals surface area contributed by atoms with Crippen LogP contribution in [0.15, 0.2) is 77.7 Å². The van der Waals surface area contributed by atoms with Crippen LogP contribution in [0.25, 0.3) is 33.3 Å². The van der Waals surface area contributed by atoms with Crippen molar-refractivity contribution in [3.05, 3.63) is 88.8 Å². The van der Waals surface area contributed by atoms with Crippen molar-refractivity contribution in [2.45, 2.75) is 25.8 Å². The number of carbonyl (C=O) groups is 1. The molecule has 1 aliphatic heterocycles. The molecule has 2 aromatic carbocycles. The number of rotatable bonds is 8. The van der Waals surface area contributed by atoms with Gasteiger partial charge in [-0.05, 0) is 42.6 Å². The zero-order valence-electron chi connectivity index (χ0n) is 19.1. The van der Waals surface area contributed by atoms with Crippen LogP contribution in [-0.4, -0.2) is 40.4 Å². The highest BCUT2D eigenvalue weighted by atomic mass is 16.2. The Morgan fingerprint density at radius 2 is 1.79 bits per heavy atom. The van der Waals surface area contributed by atoms with Crippen LogP contribution < -0.4 is 10.9 Å². The number of nitrogens with zero attached hydrogens (tertiary/aromatic N) is 2. The summed E-state index contributed by atoms with van der Waals surface area (Å²) in [5, 5.41) is 4.06. The van der Waals surface area contributed by atoms with Gasteiger partial charge in [0, 0.05) is 43.4 Å². The molecule has 1 aliphatic rings. The first-order chi connectivity index (χ1) is 16.7. The molecule has 172 valence electrons. The molecule has 3 heterocycles. The standard InChI is InChI=1S/C28H28N4O2/c33-26-8-4-16-32(26)17-5-14-29-19-20-9-11-22(12-10-20)27-23(21-6-2-1-3-7-21)18-24-25(31-27)13-15-30-28(24)34/h1-3,6-7,9-13,15,18,29H,4-5,8,14,16-17,19H2,(H,30,34). The van der Waals surface area contributed by atoms with Crippen LogP contribution >= 0.6 is 0 Å². The summed E-state index contributed by atoms with van der Waals surface area (Å²) in [6.45, 7) is 3.40. The van der Waals surface area contributed by atoms with Gasteiger partial charge in [0.2, 0.25) is 5.91 Å². The van der Waals surface area contributed by atoms with Crippen molar-refractivity contribution in [1.82, 2.24) is 20.2 Å². The second kappa shape index (κ2) is 10.0. The summed E-state index contributed by atoms with van der Waals surface area (Å²) in [5.41, 5.74) is 5.57. The van der Waals surface area contributed by atoms with E-state index in [1.165, 1.54) is 5.56 Å². The molecule has 4 aromatic rings. The van der Waals surface area contributed by atoms with Crippen molar-refractivity contribution < 1.29 is 4.79 Å². The van der Waals surface area contributed by atoms with E-state index in [1.54, 1.807) is 6.20 Å². The highest BCUT2D eigenvalue weighted by Crippen LogP contribution is 2.32. The zero-order valence-corrected chi connectivity index (χ0v) is 19.1. The fourth-order valence-electron chi connectivity index (χ4n) is 4.52. The fourth-order valence-corrected chi connectivity index (χ4v) is 4.52. The van der Waals surface area contributed by atoms with E-state index >= 15 is 0 Å². The van der Waals surface area contributed by atoms with Gasteiger partial charge in [0.1, 0.15) is 0 Å². The van der Waals surface area contributed by atoms with Crippen LogP contribution in [0, 0.1) is 0 Å². The lowest BCUT2D eigenvalue weighted by molar-refractivity contribution is -0.127.